The number of ether oxygens (including phenoxy) is 2. The fourth-order valence-electron chi connectivity index (χ4n) is 4.13. The first-order chi connectivity index (χ1) is 15.8. The number of fused-ring (bicyclic) bond motifs is 1. The van der Waals surface area contributed by atoms with E-state index in [2.05, 4.69) is 10.3 Å². The summed E-state index contributed by atoms with van der Waals surface area (Å²) < 4.78 is 49.5. The molecule has 0 aliphatic heterocycles. The molecule has 1 heterocycles. The molecule has 2 aromatic carbocycles. The molecule has 0 bridgehead atoms. The van der Waals surface area contributed by atoms with Crippen LogP contribution in [0, 0.1) is 0 Å². The second-order valence-electron chi connectivity index (χ2n) is 8.04. The summed E-state index contributed by atoms with van der Waals surface area (Å²) in [6.07, 6.45) is -1.06. The molecule has 1 aliphatic rings. The van der Waals surface area contributed by atoms with Crippen LogP contribution in [0.3, 0.4) is 0 Å². The highest BCUT2D eigenvalue weighted by Crippen LogP contribution is 2.31. The molecule has 5 nitrogen and oxygen atoms in total. The van der Waals surface area contributed by atoms with Crippen molar-refractivity contribution in [3.05, 3.63) is 65.9 Å². The molecule has 1 fully saturated rings. The van der Waals surface area contributed by atoms with Gasteiger partial charge in [-0.05, 0) is 55.5 Å². The minimum Gasteiger partial charge on any atom is -0.493 e. The van der Waals surface area contributed by atoms with Crippen molar-refractivity contribution in [1.29, 1.82) is 0 Å². The van der Waals surface area contributed by atoms with E-state index < -0.39 is 11.7 Å². The smallest absolute Gasteiger partial charge is 0.417 e. The minimum atomic E-state index is -4.42. The predicted octanol–water partition coefficient (Wildman–Crippen LogP) is 5.77. The average Bonchev–Trinajstić information content (AvgIpc) is 2.80. The number of benzene rings is 2. The summed E-state index contributed by atoms with van der Waals surface area (Å²) in [5.41, 5.74) is -0.275. The lowest BCUT2D eigenvalue weighted by atomic mass is 9.92. The Bertz CT molecular complexity index is 1110. The van der Waals surface area contributed by atoms with Gasteiger partial charge in [0, 0.05) is 18.3 Å². The van der Waals surface area contributed by atoms with Crippen molar-refractivity contribution in [2.75, 3.05) is 6.61 Å². The Hall–Kier alpha value is -3.29. The number of halogens is 3. The van der Waals surface area contributed by atoms with Crippen LogP contribution in [0.25, 0.3) is 10.8 Å². The van der Waals surface area contributed by atoms with Gasteiger partial charge in [0.15, 0.2) is 0 Å². The van der Waals surface area contributed by atoms with E-state index in [0.717, 1.165) is 23.0 Å². The normalized spacial score (nSPS) is 18.7. The fourth-order valence-corrected chi connectivity index (χ4v) is 4.13. The molecule has 4 rings (SSSR count). The number of hydrogen-bond donors (Lipinski definition) is 1. The van der Waals surface area contributed by atoms with E-state index in [1.165, 1.54) is 6.07 Å². The number of amides is 1. The fraction of sp³-hybridized carbons (Fsp3) is 0.360. The zero-order chi connectivity index (χ0) is 23.4. The van der Waals surface area contributed by atoms with E-state index in [0.29, 0.717) is 43.6 Å². The van der Waals surface area contributed by atoms with E-state index >= 15 is 0 Å². The Kier molecular flexibility index (Phi) is 6.72. The molecular formula is C25H25F3N2O3. The van der Waals surface area contributed by atoms with Crippen molar-refractivity contribution in [3.8, 4) is 11.6 Å². The van der Waals surface area contributed by atoms with E-state index in [-0.39, 0.29) is 23.9 Å². The Balaban J connectivity index is 1.37. The SMILES string of the molecule is CCOc1ccc2ccccc2c1C(=O)NC1CCC(Oc2ccc(C(F)(F)F)cn2)CC1. The number of aromatic nitrogens is 1. The molecule has 3 aromatic rings. The second kappa shape index (κ2) is 9.68. The maximum atomic E-state index is 13.2. The third-order valence-corrected chi connectivity index (χ3v) is 5.78. The van der Waals surface area contributed by atoms with Crippen LogP contribution in [-0.4, -0.2) is 29.6 Å². The van der Waals surface area contributed by atoms with Gasteiger partial charge in [0.25, 0.3) is 5.91 Å². The van der Waals surface area contributed by atoms with Gasteiger partial charge < -0.3 is 14.8 Å². The van der Waals surface area contributed by atoms with E-state index in [9.17, 15) is 18.0 Å². The highest BCUT2D eigenvalue weighted by molar-refractivity contribution is 6.09. The van der Waals surface area contributed by atoms with Gasteiger partial charge >= 0.3 is 6.18 Å². The Morgan fingerprint density at radius 1 is 1.06 bits per heavy atom. The van der Waals surface area contributed by atoms with Crippen LogP contribution in [0.5, 0.6) is 11.6 Å². The highest BCUT2D eigenvalue weighted by Gasteiger charge is 2.31. The summed E-state index contributed by atoms with van der Waals surface area (Å²) in [5.74, 6) is 0.552. The zero-order valence-electron chi connectivity index (χ0n) is 18.2. The number of alkyl halides is 3. The van der Waals surface area contributed by atoms with Crippen LogP contribution >= 0.6 is 0 Å². The number of pyridine rings is 1. The van der Waals surface area contributed by atoms with E-state index in [4.69, 9.17) is 9.47 Å². The molecule has 0 unspecified atom stereocenters. The van der Waals surface area contributed by atoms with Crippen molar-refractivity contribution < 1.29 is 27.4 Å². The molecule has 1 N–H and O–H groups in total. The van der Waals surface area contributed by atoms with Gasteiger partial charge in [-0.1, -0.05) is 30.3 Å². The average molecular weight is 458 g/mol. The summed E-state index contributed by atoms with van der Waals surface area (Å²) in [6.45, 7) is 2.34. The quantitative estimate of drug-likeness (QED) is 0.509. The van der Waals surface area contributed by atoms with Gasteiger partial charge in [-0.3, -0.25) is 4.79 Å². The van der Waals surface area contributed by atoms with Crippen LogP contribution in [0.4, 0.5) is 13.2 Å². The first-order valence-corrected chi connectivity index (χ1v) is 11.0. The third-order valence-electron chi connectivity index (χ3n) is 5.78. The third kappa shape index (κ3) is 5.38. The van der Waals surface area contributed by atoms with Crippen LogP contribution in [-0.2, 0) is 6.18 Å². The molecule has 1 saturated carbocycles. The van der Waals surface area contributed by atoms with Gasteiger partial charge in [-0.15, -0.1) is 0 Å². The molecule has 1 aromatic heterocycles. The summed E-state index contributed by atoms with van der Waals surface area (Å²) >= 11 is 0. The maximum absolute atomic E-state index is 13.2. The molecule has 33 heavy (non-hydrogen) atoms. The molecule has 0 saturated heterocycles. The lowest BCUT2D eigenvalue weighted by Crippen LogP contribution is -2.40. The van der Waals surface area contributed by atoms with Crippen LogP contribution in [0.15, 0.2) is 54.7 Å². The number of hydrogen-bond acceptors (Lipinski definition) is 4. The summed E-state index contributed by atoms with van der Waals surface area (Å²) in [7, 11) is 0. The number of carbonyl (C=O) groups is 1. The predicted molar refractivity (Wildman–Crippen MR) is 118 cm³/mol. The largest absolute Gasteiger partial charge is 0.493 e. The first kappa shape index (κ1) is 22.9. The number of nitrogens with zero attached hydrogens (tertiary/aromatic N) is 1. The monoisotopic (exact) mass is 458 g/mol. The van der Waals surface area contributed by atoms with Crippen molar-refractivity contribution >= 4 is 16.7 Å². The molecule has 174 valence electrons. The van der Waals surface area contributed by atoms with Crippen molar-refractivity contribution in [2.45, 2.75) is 50.9 Å². The number of rotatable bonds is 6. The van der Waals surface area contributed by atoms with Gasteiger partial charge in [-0.25, -0.2) is 4.98 Å². The standard InChI is InChI=1S/C25H25F3N2O3/c1-2-32-21-13-7-16-5-3-4-6-20(16)23(21)24(31)30-18-9-11-19(12-10-18)33-22-14-8-17(15-29-22)25(26,27)28/h3-8,13-15,18-19H,2,9-12H2,1H3,(H,30,31). The Morgan fingerprint density at radius 3 is 2.48 bits per heavy atom. The van der Waals surface area contributed by atoms with Gasteiger partial charge in [-0.2, -0.15) is 13.2 Å². The Morgan fingerprint density at radius 2 is 1.82 bits per heavy atom. The molecular weight excluding hydrogens is 433 g/mol. The van der Waals surface area contributed by atoms with E-state index in [1.807, 2.05) is 43.3 Å². The second-order valence-corrected chi connectivity index (χ2v) is 8.04. The Labute approximate surface area is 189 Å². The number of nitrogens with one attached hydrogen (secondary N) is 1. The minimum absolute atomic E-state index is 0.0219. The first-order valence-electron chi connectivity index (χ1n) is 11.0. The molecule has 0 atom stereocenters. The summed E-state index contributed by atoms with van der Waals surface area (Å²) in [5, 5.41) is 4.92. The topological polar surface area (TPSA) is 60.5 Å². The summed E-state index contributed by atoms with van der Waals surface area (Å²) in [4.78, 5) is 17.0. The maximum Gasteiger partial charge on any atom is 0.417 e. The molecule has 1 aliphatic carbocycles. The van der Waals surface area contributed by atoms with Crippen molar-refractivity contribution in [1.82, 2.24) is 10.3 Å². The van der Waals surface area contributed by atoms with Crippen LogP contribution in [0.2, 0.25) is 0 Å². The highest BCUT2D eigenvalue weighted by atomic mass is 19.4. The molecule has 0 radical (unpaired) electrons. The summed E-state index contributed by atoms with van der Waals surface area (Å²) in [6, 6.07) is 13.6. The van der Waals surface area contributed by atoms with Crippen molar-refractivity contribution in [2.24, 2.45) is 0 Å². The lowest BCUT2D eigenvalue weighted by molar-refractivity contribution is -0.137. The van der Waals surface area contributed by atoms with E-state index in [1.54, 1.807) is 0 Å². The number of carbonyl (C=O) groups excluding carboxylic acids is 1. The molecule has 0 spiro atoms. The molecule has 8 heteroatoms. The van der Waals surface area contributed by atoms with Crippen LogP contribution in [0.1, 0.15) is 48.5 Å². The molecule has 1 amide bonds. The van der Waals surface area contributed by atoms with Gasteiger partial charge in [0.05, 0.1) is 17.7 Å². The van der Waals surface area contributed by atoms with Crippen molar-refractivity contribution in [3.63, 3.8) is 0 Å². The van der Waals surface area contributed by atoms with Gasteiger partial charge in [0.1, 0.15) is 11.9 Å². The van der Waals surface area contributed by atoms with Gasteiger partial charge in [0.2, 0.25) is 5.88 Å². The zero-order valence-corrected chi connectivity index (χ0v) is 18.2. The lowest BCUT2D eigenvalue weighted by Gasteiger charge is -2.29. The van der Waals surface area contributed by atoms with Crippen LogP contribution < -0.4 is 14.8 Å².